The quantitative estimate of drug-likeness (QED) is 0.771. The van der Waals surface area contributed by atoms with Crippen LogP contribution < -0.4 is 10.3 Å². The van der Waals surface area contributed by atoms with Crippen LogP contribution in [0, 0.1) is 5.82 Å². The Morgan fingerprint density at radius 2 is 1.80 bits per heavy atom. The Morgan fingerprint density at radius 1 is 1.05 bits per heavy atom. The van der Waals surface area contributed by atoms with E-state index in [-0.39, 0.29) is 17.1 Å². The molecule has 0 aliphatic heterocycles. The molecule has 0 saturated carbocycles. The van der Waals surface area contributed by atoms with Gasteiger partial charge in [-0.25, -0.2) is 4.39 Å². The van der Waals surface area contributed by atoms with E-state index in [0.29, 0.717) is 15.8 Å². The van der Waals surface area contributed by atoms with Crippen molar-refractivity contribution in [3.63, 3.8) is 0 Å². The van der Waals surface area contributed by atoms with Gasteiger partial charge >= 0.3 is 0 Å². The van der Waals surface area contributed by atoms with Crippen LogP contribution in [-0.2, 0) is 0 Å². The minimum atomic E-state index is -0.497. The molecule has 0 radical (unpaired) electrons. The lowest BCUT2D eigenvalue weighted by Crippen LogP contribution is -2.06. The van der Waals surface area contributed by atoms with Crippen LogP contribution in [0.25, 0.3) is 10.8 Å². The summed E-state index contributed by atoms with van der Waals surface area (Å²) in [4.78, 5) is 14.5. The summed E-state index contributed by atoms with van der Waals surface area (Å²) in [7, 11) is 0. The summed E-state index contributed by atoms with van der Waals surface area (Å²) in [5.74, 6) is -0.182. The highest BCUT2D eigenvalue weighted by atomic mass is 35.5. The van der Waals surface area contributed by atoms with Crippen LogP contribution in [0.1, 0.15) is 0 Å². The van der Waals surface area contributed by atoms with Gasteiger partial charge in [0.15, 0.2) is 11.6 Å². The number of pyridine rings is 1. The van der Waals surface area contributed by atoms with Gasteiger partial charge < -0.3 is 9.72 Å². The zero-order valence-corrected chi connectivity index (χ0v) is 10.9. The van der Waals surface area contributed by atoms with Crippen LogP contribution >= 0.6 is 11.6 Å². The second-order valence-electron chi connectivity index (χ2n) is 4.18. The first-order valence-electron chi connectivity index (χ1n) is 5.89. The molecule has 2 aromatic carbocycles. The summed E-state index contributed by atoms with van der Waals surface area (Å²) in [6.07, 6.45) is 1.42. The van der Waals surface area contributed by atoms with E-state index in [9.17, 15) is 9.18 Å². The highest BCUT2D eigenvalue weighted by Crippen LogP contribution is 2.31. The fourth-order valence-electron chi connectivity index (χ4n) is 1.97. The van der Waals surface area contributed by atoms with Gasteiger partial charge in [0.1, 0.15) is 5.75 Å². The average molecular weight is 290 g/mol. The zero-order chi connectivity index (χ0) is 14.1. The number of ether oxygens (including phenoxy) is 1. The summed E-state index contributed by atoms with van der Waals surface area (Å²) in [5, 5.41) is 1.26. The van der Waals surface area contributed by atoms with Crippen LogP contribution in [0.15, 0.2) is 53.5 Å². The van der Waals surface area contributed by atoms with Gasteiger partial charge in [0.25, 0.3) is 5.56 Å². The van der Waals surface area contributed by atoms with E-state index in [1.54, 1.807) is 30.3 Å². The lowest BCUT2D eigenvalue weighted by atomic mass is 10.1. The summed E-state index contributed by atoms with van der Waals surface area (Å²) >= 11 is 6.04. The van der Waals surface area contributed by atoms with Crippen LogP contribution in [0.5, 0.6) is 11.5 Å². The van der Waals surface area contributed by atoms with Crippen LogP contribution in [0.4, 0.5) is 4.39 Å². The Morgan fingerprint density at radius 3 is 2.60 bits per heavy atom. The maximum absolute atomic E-state index is 13.6. The van der Waals surface area contributed by atoms with E-state index in [4.69, 9.17) is 16.3 Å². The molecule has 0 spiro atoms. The maximum Gasteiger partial charge on any atom is 0.259 e. The number of hydrogen-bond acceptors (Lipinski definition) is 2. The molecule has 0 atom stereocenters. The normalized spacial score (nSPS) is 10.7. The number of nitrogens with one attached hydrogen (secondary N) is 1. The van der Waals surface area contributed by atoms with E-state index in [2.05, 4.69) is 4.98 Å². The first kappa shape index (κ1) is 12.7. The molecule has 5 heteroatoms. The first-order chi connectivity index (χ1) is 9.66. The molecule has 20 heavy (non-hydrogen) atoms. The molecule has 0 aliphatic rings. The molecular weight excluding hydrogens is 281 g/mol. The number of hydrogen-bond donors (Lipinski definition) is 1. The monoisotopic (exact) mass is 289 g/mol. The van der Waals surface area contributed by atoms with Gasteiger partial charge in [0, 0.05) is 11.6 Å². The molecule has 0 bridgehead atoms. The average Bonchev–Trinajstić information content (AvgIpc) is 2.45. The number of halogens is 2. The van der Waals surface area contributed by atoms with Crippen LogP contribution in [-0.4, -0.2) is 4.98 Å². The molecule has 1 heterocycles. The second kappa shape index (κ2) is 4.98. The smallest absolute Gasteiger partial charge is 0.259 e. The van der Waals surface area contributed by atoms with Crippen molar-refractivity contribution in [1.29, 1.82) is 0 Å². The van der Waals surface area contributed by atoms with Crippen molar-refractivity contribution in [2.45, 2.75) is 0 Å². The van der Waals surface area contributed by atoms with Crippen LogP contribution in [0.3, 0.4) is 0 Å². The van der Waals surface area contributed by atoms with Crippen LogP contribution in [0.2, 0.25) is 5.02 Å². The third kappa shape index (κ3) is 2.14. The molecule has 100 valence electrons. The van der Waals surface area contributed by atoms with Gasteiger partial charge in [0.05, 0.1) is 10.4 Å². The van der Waals surface area contributed by atoms with Gasteiger partial charge in [-0.1, -0.05) is 35.9 Å². The maximum atomic E-state index is 13.6. The Kier molecular flexibility index (Phi) is 3.16. The largest absolute Gasteiger partial charge is 0.453 e. The lowest BCUT2D eigenvalue weighted by molar-refractivity contribution is 0.446. The molecule has 0 saturated heterocycles. The second-order valence-corrected chi connectivity index (χ2v) is 4.58. The number of rotatable bonds is 2. The van der Waals surface area contributed by atoms with E-state index in [1.807, 2.05) is 0 Å². The predicted octanol–water partition coefficient (Wildman–Crippen LogP) is 4.11. The Labute approximate surface area is 118 Å². The SMILES string of the molecule is O=c1[nH]cc(Cl)c2cccc(Oc3ccccc3F)c12. The third-order valence-corrected chi connectivity index (χ3v) is 3.21. The molecular formula is C15H9ClFNO2. The summed E-state index contributed by atoms with van der Waals surface area (Å²) in [6.45, 7) is 0. The van der Waals surface area contributed by atoms with Gasteiger partial charge in [0.2, 0.25) is 0 Å². The fourth-order valence-corrected chi connectivity index (χ4v) is 2.19. The molecule has 0 unspecified atom stereocenters. The molecule has 1 N–H and O–H groups in total. The van der Waals surface area contributed by atoms with E-state index in [0.717, 1.165) is 0 Å². The highest BCUT2D eigenvalue weighted by molar-refractivity contribution is 6.35. The Bertz CT molecular complexity index is 845. The number of aromatic nitrogens is 1. The van der Waals surface area contributed by atoms with Crippen molar-refractivity contribution in [2.24, 2.45) is 0 Å². The standard InChI is InChI=1S/C15H9ClFNO2/c16-10-8-18-15(19)14-9(10)4-3-7-13(14)20-12-6-2-1-5-11(12)17/h1-8H,(H,18,19). The predicted molar refractivity (Wildman–Crippen MR) is 76.1 cm³/mol. The van der Waals surface area contributed by atoms with Crippen molar-refractivity contribution in [3.05, 3.63) is 69.9 Å². The van der Waals surface area contributed by atoms with Crippen molar-refractivity contribution >= 4 is 22.4 Å². The van der Waals surface area contributed by atoms with Gasteiger partial charge in [-0.05, 0) is 18.2 Å². The van der Waals surface area contributed by atoms with Gasteiger partial charge in [-0.15, -0.1) is 0 Å². The number of aromatic amines is 1. The molecule has 0 fully saturated rings. The molecule has 0 amide bonds. The fraction of sp³-hybridized carbons (Fsp3) is 0. The zero-order valence-electron chi connectivity index (χ0n) is 10.2. The minimum Gasteiger partial charge on any atom is -0.453 e. The molecule has 0 aliphatic carbocycles. The molecule has 3 aromatic rings. The Balaban J connectivity index is 2.20. The molecule has 3 nitrogen and oxygen atoms in total. The van der Waals surface area contributed by atoms with Crippen molar-refractivity contribution < 1.29 is 9.13 Å². The van der Waals surface area contributed by atoms with E-state index in [1.165, 1.54) is 18.3 Å². The van der Waals surface area contributed by atoms with E-state index >= 15 is 0 Å². The summed E-state index contributed by atoms with van der Waals surface area (Å²) in [5.41, 5.74) is -0.337. The lowest BCUT2D eigenvalue weighted by Gasteiger charge is -2.09. The van der Waals surface area contributed by atoms with Crippen molar-refractivity contribution in [1.82, 2.24) is 4.98 Å². The topological polar surface area (TPSA) is 42.1 Å². The molecule has 3 rings (SSSR count). The summed E-state index contributed by atoms with van der Waals surface area (Å²) < 4.78 is 19.1. The number of para-hydroxylation sites is 1. The Hall–Kier alpha value is -2.33. The van der Waals surface area contributed by atoms with Gasteiger partial charge in [-0.2, -0.15) is 0 Å². The number of benzene rings is 2. The first-order valence-corrected chi connectivity index (χ1v) is 6.27. The number of H-pyrrole nitrogens is 1. The van der Waals surface area contributed by atoms with E-state index < -0.39 is 5.82 Å². The van der Waals surface area contributed by atoms with Crippen molar-refractivity contribution in [3.8, 4) is 11.5 Å². The van der Waals surface area contributed by atoms with Crippen molar-refractivity contribution in [2.75, 3.05) is 0 Å². The summed E-state index contributed by atoms with van der Waals surface area (Å²) in [6, 6.07) is 11.0. The third-order valence-electron chi connectivity index (χ3n) is 2.90. The number of fused-ring (bicyclic) bond motifs is 1. The molecule has 1 aromatic heterocycles. The van der Waals surface area contributed by atoms with Gasteiger partial charge in [-0.3, -0.25) is 4.79 Å². The minimum absolute atomic E-state index is 0.0550. The highest BCUT2D eigenvalue weighted by Gasteiger charge is 2.11.